The van der Waals surface area contributed by atoms with E-state index in [9.17, 15) is 35.2 Å². The Bertz CT molecular complexity index is 2290. The van der Waals surface area contributed by atoms with Crippen LogP contribution in [-0.4, -0.2) is 52.5 Å². The zero-order valence-electron chi connectivity index (χ0n) is 26.9. The summed E-state index contributed by atoms with van der Waals surface area (Å²) in [5.41, 5.74) is 8.49. The van der Waals surface area contributed by atoms with Crippen molar-refractivity contribution in [1.82, 2.24) is 15.6 Å². The summed E-state index contributed by atoms with van der Waals surface area (Å²) in [6.45, 7) is 1.11. The molecule has 282 valence electrons. The molecule has 4 aromatic rings. The van der Waals surface area contributed by atoms with Crippen LogP contribution < -0.4 is 30.6 Å². The monoisotopic (exact) mass is 848 g/mol. The average molecular weight is 850 g/mol. The summed E-state index contributed by atoms with van der Waals surface area (Å²) in [7, 11) is -7.71. The summed E-state index contributed by atoms with van der Waals surface area (Å²) < 4.78 is 87.1. The molecular weight excluding hydrogens is 822 g/mol. The van der Waals surface area contributed by atoms with E-state index in [0.29, 0.717) is 36.7 Å². The first-order chi connectivity index (χ1) is 25.2. The first-order valence-corrected chi connectivity index (χ1v) is 21.0. The van der Waals surface area contributed by atoms with Crippen LogP contribution in [0.5, 0.6) is 17.2 Å². The number of halogens is 4. The number of aliphatic imine (C=N–C) groups is 1. The standard InChI is InChI=1S/C21H21Cl2FN4O4S2.C10H7FN2O4S2/c22-14-3-4-17(13(8-14)2-1-6-26-7-5-20(25)29)32-18-10-16(24)19(9-15(18)23)34(30,31)28-21-11-33-12-27-21;11-7-3-1-2-4-8(7)17-10(14)13-9-5-18(6-12-9)19(15)16/h3-4,8-12,26,28H,1-2,5-7H2,(H2,25,29);1-6H,(H,13,14). The Morgan fingerprint density at radius 2 is 1.77 bits per heavy atom. The van der Waals surface area contributed by atoms with Gasteiger partial charge < -0.3 is 20.5 Å². The summed E-state index contributed by atoms with van der Waals surface area (Å²) in [6.07, 6.45) is 0.580. The molecule has 3 aromatic carbocycles. The molecule has 0 fully saturated rings. The van der Waals surface area contributed by atoms with E-state index in [2.05, 4.69) is 25.3 Å². The van der Waals surface area contributed by atoms with Gasteiger partial charge in [-0.05, 0) is 61.3 Å². The highest BCUT2D eigenvalue weighted by Gasteiger charge is 2.23. The van der Waals surface area contributed by atoms with Crippen molar-refractivity contribution < 1.29 is 44.7 Å². The first kappa shape index (κ1) is 41.3. The molecule has 0 saturated carbocycles. The van der Waals surface area contributed by atoms with Crippen molar-refractivity contribution in [3.8, 4) is 17.2 Å². The number of primary amides is 1. The van der Waals surface area contributed by atoms with E-state index in [1.807, 2.05) is 0 Å². The quantitative estimate of drug-likeness (QED) is 0.113. The number of carbonyl (C=O) groups excluding carboxylic acids is 2. The van der Waals surface area contributed by atoms with Gasteiger partial charge in [0.1, 0.15) is 28.0 Å². The highest BCUT2D eigenvalue weighted by molar-refractivity contribution is 8.42. The maximum Gasteiger partial charge on any atom is 0.418 e. The van der Waals surface area contributed by atoms with E-state index in [0.717, 1.165) is 23.8 Å². The number of ether oxygens (including phenoxy) is 2. The Balaban J connectivity index is 0.000000278. The number of anilines is 1. The van der Waals surface area contributed by atoms with Crippen molar-refractivity contribution in [3.05, 3.63) is 104 Å². The second kappa shape index (κ2) is 19.6. The second-order valence-corrected chi connectivity index (χ2v) is 17.0. The van der Waals surface area contributed by atoms with Gasteiger partial charge in [-0.2, -0.15) is 8.42 Å². The van der Waals surface area contributed by atoms with E-state index in [1.54, 1.807) is 18.2 Å². The highest BCUT2D eigenvalue weighted by atomic mass is 35.5. The third-order valence-corrected chi connectivity index (χ3v) is 11.5. The van der Waals surface area contributed by atoms with E-state index < -0.39 is 51.4 Å². The van der Waals surface area contributed by atoms with Gasteiger partial charge in [-0.1, -0.05) is 35.3 Å². The Kier molecular flexibility index (Phi) is 15.3. The number of nitrogens with one attached hydrogen (secondary N) is 3. The van der Waals surface area contributed by atoms with Crippen molar-refractivity contribution >= 4 is 86.6 Å². The number of sulfonamides is 1. The lowest BCUT2D eigenvalue weighted by Crippen LogP contribution is -2.25. The van der Waals surface area contributed by atoms with Crippen LogP contribution in [0.2, 0.25) is 10.0 Å². The topological polar surface area (TPSA) is 208 Å². The number of benzene rings is 3. The van der Waals surface area contributed by atoms with Crippen LogP contribution in [0.3, 0.4) is 0 Å². The third kappa shape index (κ3) is 12.9. The number of nitrogens with two attached hydrogens (primary N) is 1. The molecule has 1 aliphatic heterocycles. The molecule has 0 aliphatic carbocycles. The summed E-state index contributed by atoms with van der Waals surface area (Å²) in [4.78, 5) is 29.1. The SMILES string of the molecule is NC(=O)CCNCCCc1cc(Cl)ccc1Oc1cc(F)c(S(=O)(=O)Nc2cscn2)cc1Cl.O=C(NC1=CS(=S(=O)=O)C=N1)Oc1ccccc1F. The predicted molar refractivity (Wildman–Crippen MR) is 199 cm³/mol. The van der Waals surface area contributed by atoms with Crippen LogP contribution in [0.4, 0.5) is 19.4 Å². The van der Waals surface area contributed by atoms with Crippen LogP contribution in [0.25, 0.3) is 0 Å². The number of amides is 2. The van der Waals surface area contributed by atoms with Crippen molar-refractivity contribution in [3.63, 3.8) is 0 Å². The van der Waals surface area contributed by atoms with Crippen molar-refractivity contribution in [2.45, 2.75) is 24.2 Å². The van der Waals surface area contributed by atoms with Gasteiger partial charge in [0.2, 0.25) is 15.2 Å². The Labute approximate surface area is 319 Å². The molecule has 1 aliphatic rings. The Morgan fingerprint density at radius 1 is 1.00 bits per heavy atom. The predicted octanol–water partition coefficient (Wildman–Crippen LogP) is 5.75. The van der Waals surface area contributed by atoms with Crippen LogP contribution in [-0.2, 0) is 40.0 Å². The Hall–Kier alpha value is -4.44. The number of carbonyl (C=O) groups is 2. The molecule has 53 heavy (non-hydrogen) atoms. The summed E-state index contributed by atoms with van der Waals surface area (Å²) >= 11 is 13.5. The lowest BCUT2D eigenvalue weighted by molar-refractivity contribution is -0.117. The van der Waals surface area contributed by atoms with Crippen LogP contribution in [0.15, 0.2) is 86.6 Å². The summed E-state index contributed by atoms with van der Waals surface area (Å²) in [6, 6.07) is 12.3. The number of rotatable bonds is 14. The van der Waals surface area contributed by atoms with Gasteiger partial charge in [-0.3, -0.25) is 14.8 Å². The van der Waals surface area contributed by atoms with Gasteiger partial charge in [0.05, 0.1) is 16.1 Å². The number of hydrogen-bond donors (Lipinski definition) is 4. The molecule has 0 bridgehead atoms. The summed E-state index contributed by atoms with van der Waals surface area (Å²) in [5.74, 6) is -1.83. The molecule has 0 spiro atoms. The number of para-hydroxylation sites is 1. The molecule has 0 radical (unpaired) electrons. The minimum Gasteiger partial charge on any atom is -0.455 e. The number of hydrogen-bond acceptors (Lipinski definition) is 12. The zero-order chi connectivity index (χ0) is 38.5. The first-order valence-electron chi connectivity index (χ1n) is 14.9. The lowest BCUT2D eigenvalue weighted by atomic mass is 10.1. The molecule has 5 N–H and O–H groups in total. The van der Waals surface area contributed by atoms with E-state index in [-0.39, 0.29) is 40.5 Å². The van der Waals surface area contributed by atoms with Gasteiger partial charge in [-0.15, -0.1) is 11.3 Å². The minimum atomic E-state index is -4.24. The third-order valence-electron chi connectivity index (χ3n) is 6.49. The van der Waals surface area contributed by atoms with E-state index >= 15 is 0 Å². The van der Waals surface area contributed by atoms with Crippen molar-refractivity contribution in [2.75, 3.05) is 17.8 Å². The maximum absolute atomic E-state index is 14.8. The number of nitrogens with zero attached hydrogens (tertiary/aromatic N) is 2. The number of thiazole rings is 1. The summed E-state index contributed by atoms with van der Waals surface area (Å²) in [5, 5.41) is 8.46. The molecule has 22 heteroatoms. The highest BCUT2D eigenvalue weighted by Crippen LogP contribution is 2.36. The van der Waals surface area contributed by atoms with Crippen LogP contribution in [0.1, 0.15) is 18.4 Å². The Morgan fingerprint density at radius 3 is 2.45 bits per heavy atom. The maximum atomic E-state index is 14.8. The van der Waals surface area contributed by atoms with Gasteiger partial charge in [0.15, 0.2) is 17.4 Å². The molecule has 2 heterocycles. The van der Waals surface area contributed by atoms with E-state index in [4.69, 9.17) is 38.4 Å². The molecule has 0 saturated heterocycles. The molecule has 1 unspecified atom stereocenters. The number of aromatic nitrogens is 1. The van der Waals surface area contributed by atoms with Crippen molar-refractivity contribution in [2.24, 2.45) is 10.7 Å². The zero-order valence-corrected chi connectivity index (χ0v) is 31.7. The van der Waals surface area contributed by atoms with E-state index in [1.165, 1.54) is 51.4 Å². The van der Waals surface area contributed by atoms with Crippen LogP contribution in [0, 0.1) is 11.6 Å². The normalized spacial score (nSPS) is 13.4. The molecule has 1 aromatic heterocycles. The fraction of sp³-hybridized carbons (Fsp3) is 0.161. The molecular formula is C31H28Cl2F2N6O8S4. The number of aryl methyl sites for hydroxylation is 1. The fourth-order valence-electron chi connectivity index (χ4n) is 4.13. The van der Waals surface area contributed by atoms with Gasteiger partial charge >= 0.3 is 6.09 Å². The van der Waals surface area contributed by atoms with Crippen LogP contribution >= 0.6 is 34.5 Å². The largest absolute Gasteiger partial charge is 0.455 e. The molecule has 5 rings (SSSR count). The molecule has 2 amide bonds. The van der Waals surface area contributed by atoms with Gasteiger partial charge in [-0.25, -0.2) is 32.0 Å². The minimum absolute atomic E-state index is 0.0464. The second-order valence-electron chi connectivity index (χ2n) is 10.3. The van der Waals surface area contributed by atoms with Crippen molar-refractivity contribution in [1.29, 1.82) is 0 Å². The fourth-order valence-corrected chi connectivity index (χ4v) is 7.85. The van der Waals surface area contributed by atoms with Gasteiger partial charge in [0.25, 0.3) is 10.0 Å². The molecule has 14 nitrogen and oxygen atoms in total. The average Bonchev–Trinajstić information content (AvgIpc) is 3.79. The van der Waals surface area contributed by atoms with Gasteiger partial charge in [0, 0.05) is 44.3 Å². The molecule has 1 atom stereocenters. The lowest BCUT2D eigenvalue weighted by Gasteiger charge is -2.14. The smallest absolute Gasteiger partial charge is 0.418 e.